The van der Waals surface area contributed by atoms with Crippen LogP contribution >= 0.6 is 0 Å². The first-order valence-corrected chi connectivity index (χ1v) is 12.0. The van der Waals surface area contributed by atoms with Crippen LogP contribution < -0.4 is 0 Å². The lowest BCUT2D eigenvalue weighted by Crippen LogP contribution is -2.63. The van der Waals surface area contributed by atoms with Crippen LogP contribution in [0.2, 0.25) is 0 Å². The van der Waals surface area contributed by atoms with Gasteiger partial charge in [0.05, 0.1) is 31.5 Å². The zero-order valence-corrected chi connectivity index (χ0v) is 19.7. The number of carbonyl (C=O) groups excluding carboxylic acids is 1. The van der Waals surface area contributed by atoms with Gasteiger partial charge in [0.15, 0.2) is 0 Å². The fraction of sp³-hybridized carbons (Fsp3) is 0.800. The predicted octanol–water partition coefficient (Wildman–Crippen LogP) is 3.58. The molecule has 0 radical (unpaired) electrons. The van der Waals surface area contributed by atoms with Crippen LogP contribution in [0.1, 0.15) is 46.5 Å². The zero-order valence-electron chi connectivity index (χ0n) is 19.7. The smallest absolute Gasteiger partial charge is 0.315 e. The number of hydrogen-bond donors (Lipinski definition) is 1. The summed E-state index contributed by atoms with van der Waals surface area (Å²) in [4.78, 5) is 31.7. The Bertz CT molecular complexity index is 808. The fourth-order valence-electron chi connectivity index (χ4n) is 8.01. The van der Waals surface area contributed by atoms with Gasteiger partial charge in [-0.05, 0) is 48.9 Å². The predicted molar refractivity (Wildman–Crippen MR) is 119 cm³/mol. The maximum absolute atomic E-state index is 13.3. The van der Waals surface area contributed by atoms with Gasteiger partial charge in [-0.15, -0.1) is 0 Å². The fourth-order valence-corrected chi connectivity index (χ4v) is 8.01. The maximum Gasteiger partial charge on any atom is 0.315 e. The Morgan fingerprint density at radius 1 is 1.22 bits per heavy atom. The van der Waals surface area contributed by atoms with Gasteiger partial charge in [0.2, 0.25) is 0 Å². The van der Waals surface area contributed by atoms with Crippen molar-refractivity contribution >= 4 is 18.5 Å². The van der Waals surface area contributed by atoms with Gasteiger partial charge < -0.3 is 24.2 Å². The molecule has 0 aliphatic heterocycles. The number of aliphatic carboxylic acids is 1. The van der Waals surface area contributed by atoms with Crippen LogP contribution in [0, 0.1) is 45.8 Å². The van der Waals surface area contributed by atoms with Crippen LogP contribution in [0.4, 0.5) is 0 Å². The Morgan fingerprint density at radius 2 is 1.97 bits per heavy atom. The highest BCUT2D eigenvalue weighted by Gasteiger charge is 2.84. The number of oxime groups is 1. The molecule has 0 spiro atoms. The summed E-state index contributed by atoms with van der Waals surface area (Å²) in [5.41, 5.74) is -1.94. The quantitative estimate of drug-likeness (QED) is 0.171. The topological polar surface area (TPSA) is 94.4 Å². The molecule has 7 nitrogen and oxygen atoms in total. The molecule has 4 bridgehead atoms. The lowest BCUT2D eigenvalue weighted by molar-refractivity contribution is -0.173. The molecular formula is C25H37NO6. The number of aldehydes is 1. The van der Waals surface area contributed by atoms with Crippen molar-refractivity contribution in [2.75, 3.05) is 33.5 Å². The van der Waals surface area contributed by atoms with E-state index in [0.29, 0.717) is 38.1 Å². The van der Waals surface area contributed by atoms with Crippen LogP contribution in [0.25, 0.3) is 0 Å². The average Bonchev–Trinajstić information content (AvgIpc) is 3.33. The minimum absolute atomic E-state index is 0.00990. The molecule has 7 atom stereocenters. The third-order valence-electron chi connectivity index (χ3n) is 9.11. The average molecular weight is 448 g/mol. The molecule has 32 heavy (non-hydrogen) atoms. The molecule has 4 aliphatic carbocycles. The number of carbonyl (C=O) groups is 2. The molecule has 0 amide bonds. The highest BCUT2D eigenvalue weighted by molar-refractivity contribution is 5.96. The molecule has 0 aromatic heterocycles. The first-order chi connectivity index (χ1) is 15.3. The number of rotatable bonds is 11. The van der Waals surface area contributed by atoms with Crippen molar-refractivity contribution < 1.29 is 29.0 Å². The van der Waals surface area contributed by atoms with Gasteiger partial charge >= 0.3 is 5.97 Å². The molecule has 0 saturated heterocycles. The second-order valence-corrected chi connectivity index (χ2v) is 10.5. The summed E-state index contributed by atoms with van der Waals surface area (Å²) >= 11 is 0. The lowest BCUT2D eigenvalue weighted by Gasteiger charge is -2.57. The van der Waals surface area contributed by atoms with Gasteiger partial charge in [0.1, 0.15) is 18.3 Å². The molecule has 0 aromatic carbocycles. The molecule has 4 rings (SSSR count). The molecular weight excluding hydrogens is 410 g/mol. The van der Waals surface area contributed by atoms with Crippen molar-refractivity contribution in [1.29, 1.82) is 0 Å². The number of ether oxygens (including phenoxy) is 2. The molecule has 0 heterocycles. The normalized spacial score (nSPS) is 41.8. The summed E-state index contributed by atoms with van der Waals surface area (Å²) in [5, 5.41) is 15.2. The Morgan fingerprint density at radius 3 is 2.62 bits per heavy atom. The number of methoxy groups -OCH3 is 1. The summed E-state index contributed by atoms with van der Waals surface area (Å²) < 4.78 is 10.4. The first kappa shape index (κ1) is 23.4. The van der Waals surface area contributed by atoms with Crippen molar-refractivity contribution in [3.8, 4) is 0 Å². The number of allylic oxidation sites excluding steroid dienone is 1. The summed E-state index contributed by atoms with van der Waals surface area (Å²) in [7, 11) is 1.62. The highest BCUT2D eigenvalue weighted by Crippen LogP contribution is 2.82. The van der Waals surface area contributed by atoms with E-state index in [2.05, 4.69) is 18.2 Å². The van der Waals surface area contributed by atoms with E-state index >= 15 is 0 Å². The van der Waals surface area contributed by atoms with E-state index in [1.54, 1.807) is 13.3 Å². The molecule has 1 N–H and O–H groups in total. The Hall–Kier alpha value is -1.73. The van der Waals surface area contributed by atoms with E-state index in [0.717, 1.165) is 31.1 Å². The van der Waals surface area contributed by atoms with Crippen molar-refractivity contribution in [2.24, 2.45) is 51.0 Å². The number of fused-ring (bicyclic) bond motifs is 2. The molecule has 4 aliphatic rings. The van der Waals surface area contributed by atoms with Crippen LogP contribution in [-0.4, -0.2) is 57.1 Å². The summed E-state index contributed by atoms with van der Waals surface area (Å²) in [6, 6.07) is 0. The van der Waals surface area contributed by atoms with Crippen molar-refractivity contribution in [1.82, 2.24) is 0 Å². The van der Waals surface area contributed by atoms with E-state index in [-0.39, 0.29) is 24.4 Å². The molecule has 3 unspecified atom stereocenters. The molecule has 178 valence electrons. The van der Waals surface area contributed by atoms with Gasteiger partial charge in [-0.25, -0.2) is 0 Å². The first-order valence-electron chi connectivity index (χ1n) is 12.0. The van der Waals surface area contributed by atoms with Gasteiger partial charge in [-0.2, -0.15) is 0 Å². The van der Waals surface area contributed by atoms with E-state index in [1.807, 2.05) is 13.8 Å². The Labute approximate surface area is 190 Å². The third-order valence-corrected chi connectivity index (χ3v) is 9.11. The molecule has 7 heteroatoms. The van der Waals surface area contributed by atoms with Crippen LogP contribution in [0.3, 0.4) is 0 Å². The molecule has 3 saturated carbocycles. The van der Waals surface area contributed by atoms with Crippen LogP contribution in [-0.2, 0) is 23.9 Å². The second kappa shape index (κ2) is 8.56. The van der Waals surface area contributed by atoms with E-state index in [1.165, 1.54) is 0 Å². The minimum Gasteiger partial charge on any atom is -0.481 e. The monoisotopic (exact) mass is 447 g/mol. The SMILES string of the molecule is COCCOCCO/N=C/C12C[C@@H]3[C@H](C)CC[C@H]3C3(C=O)CC1C=C(C(C)C)[C@@]23C(=O)O. The Kier molecular flexibility index (Phi) is 6.27. The number of nitrogens with zero attached hydrogens (tertiary/aromatic N) is 1. The van der Waals surface area contributed by atoms with Crippen molar-refractivity contribution in [3.05, 3.63) is 11.6 Å². The van der Waals surface area contributed by atoms with Crippen LogP contribution in [0.15, 0.2) is 16.8 Å². The third kappa shape index (κ3) is 2.89. The van der Waals surface area contributed by atoms with E-state index in [4.69, 9.17) is 14.3 Å². The largest absolute Gasteiger partial charge is 0.481 e. The van der Waals surface area contributed by atoms with E-state index in [9.17, 15) is 14.7 Å². The molecule has 0 aromatic rings. The maximum atomic E-state index is 13.3. The van der Waals surface area contributed by atoms with Gasteiger partial charge in [-0.3, -0.25) is 4.79 Å². The van der Waals surface area contributed by atoms with Gasteiger partial charge in [0.25, 0.3) is 0 Å². The highest BCUT2D eigenvalue weighted by atomic mass is 16.6. The van der Waals surface area contributed by atoms with Crippen LogP contribution in [0.5, 0.6) is 0 Å². The van der Waals surface area contributed by atoms with Gasteiger partial charge in [-0.1, -0.05) is 44.0 Å². The second-order valence-electron chi connectivity index (χ2n) is 10.5. The minimum atomic E-state index is -1.24. The van der Waals surface area contributed by atoms with Crippen molar-refractivity contribution in [2.45, 2.75) is 46.5 Å². The number of hydrogen-bond acceptors (Lipinski definition) is 6. The Balaban J connectivity index is 1.69. The van der Waals surface area contributed by atoms with E-state index < -0.39 is 22.2 Å². The number of carboxylic acids is 1. The standard InChI is InChI=1S/C25H37NO6/c1-16(2)21-11-18-12-24(15-27)20-6-5-17(3)19(20)13-23(18,25(21,24)22(28)29)14-26-32-10-9-31-8-7-30-4/h11,14-20H,5-10,12-13H2,1-4H3,(H,28,29)/b26-14+/t17-,18?,19-,20-,23?,24?,25-/m1/s1. The lowest BCUT2D eigenvalue weighted by atomic mass is 9.43. The van der Waals surface area contributed by atoms with Gasteiger partial charge in [0, 0.05) is 12.5 Å². The zero-order chi connectivity index (χ0) is 23.1. The summed E-state index contributed by atoms with van der Waals surface area (Å²) in [6.07, 6.45) is 8.27. The summed E-state index contributed by atoms with van der Waals surface area (Å²) in [6.45, 7) is 8.01. The summed E-state index contributed by atoms with van der Waals surface area (Å²) in [5.74, 6) is 0.0973. The molecule has 3 fully saturated rings. The number of carboxylic acid groups (broad SMARTS) is 1. The van der Waals surface area contributed by atoms with Crippen molar-refractivity contribution in [3.63, 3.8) is 0 Å².